The summed E-state index contributed by atoms with van der Waals surface area (Å²) >= 11 is 0. The molecular weight excluding hydrogens is 176 g/mol. The molecule has 14 heavy (non-hydrogen) atoms. The first-order valence-electron chi connectivity index (χ1n) is 5.24. The van der Waals surface area contributed by atoms with E-state index in [-0.39, 0.29) is 17.1 Å². The van der Waals surface area contributed by atoms with Crippen LogP contribution in [0.25, 0.3) is 0 Å². The van der Waals surface area contributed by atoms with E-state index in [1.165, 1.54) is 0 Å². The summed E-state index contributed by atoms with van der Waals surface area (Å²) in [5, 5.41) is 0. The number of rotatable bonds is 1. The van der Waals surface area contributed by atoms with Crippen LogP contribution in [-0.4, -0.2) is 12.4 Å². The third-order valence-corrected chi connectivity index (χ3v) is 2.38. The lowest BCUT2D eigenvalue weighted by Crippen LogP contribution is -2.27. The van der Waals surface area contributed by atoms with E-state index in [1.807, 2.05) is 13.8 Å². The molecule has 1 aliphatic rings. The molecule has 0 aromatic carbocycles. The summed E-state index contributed by atoms with van der Waals surface area (Å²) < 4.78 is 5.65. The summed E-state index contributed by atoms with van der Waals surface area (Å²) in [5.41, 5.74) is 0.833. The largest absolute Gasteiger partial charge is 0.496 e. The highest BCUT2D eigenvalue weighted by atomic mass is 16.5. The molecule has 2 heteroatoms. The van der Waals surface area contributed by atoms with Crippen molar-refractivity contribution in [1.29, 1.82) is 0 Å². The van der Waals surface area contributed by atoms with Gasteiger partial charge in [0.25, 0.3) is 0 Å². The summed E-state index contributed by atoms with van der Waals surface area (Å²) in [6.07, 6.45) is 0.535. The maximum Gasteiger partial charge on any atom is 0.165 e. The highest BCUT2D eigenvalue weighted by molar-refractivity contribution is 5.97. The molecule has 0 N–H and O–H groups in total. The molecule has 0 saturated heterocycles. The molecule has 80 valence electrons. The van der Waals surface area contributed by atoms with Crippen molar-refractivity contribution in [3.8, 4) is 0 Å². The second-order valence-corrected chi connectivity index (χ2v) is 5.17. The second-order valence-electron chi connectivity index (χ2n) is 5.17. The third kappa shape index (κ3) is 2.17. The fourth-order valence-corrected chi connectivity index (χ4v) is 1.79. The first kappa shape index (κ1) is 11.3. The number of carbonyl (C=O) groups excluding carboxylic acids is 1. The van der Waals surface area contributed by atoms with Gasteiger partial charge in [-0.1, -0.05) is 34.6 Å². The second kappa shape index (κ2) is 3.76. The van der Waals surface area contributed by atoms with Crippen molar-refractivity contribution in [2.24, 2.45) is 11.3 Å². The Balaban J connectivity index is 3.17. The van der Waals surface area contributed by atoms with Gasteiger partial charge in [-0.3, -0.25) is 4.79 Å². The van der Waals surface area contributed by atoms with Gasteiger partial charge in [0.1, 0.15) is 5.76 Å². The Morgan fingerprint density at radius 3 is 2.21 bits per heavy atom. The third-order valence-electron chi connectivity index (χ3n) is 2.38. The average Bonchev–Trinajstić information content (AvgIpc) is 2.01. The van der Waals surface area contributed by atoms with Gasteiger partial charge in [0.15, 0.2) is 5.78 Å². The van der Waals surface area contributed by atoms with Crippen molar-refractivity contribution >= 4 is 5.78 Å². The Hall–Kier alpha value is -0.790. The summed E-state index contributed by atoms with van der Waals surface area (Å²) in [6, 6.07) is 0. The maximum absolute atomic E-state index is 11.8. The van der Waals surface area contributed by atoms with Crippen LogP contribution in [0.2, 0.25) is 0 Å². The Labute approximate surface area is 86.3 Å². The molecule has 0 unspecified atom stereocenters. The normalized spacial score (nSPS) is 18.9. The number of hydrogen-bond acceptors (Lipinski definition) is 2. The van der Waals surface area contributed by atoms with Crippen LogP contribution in [-0.2, 0) is 9.53 Å². The monoisotopic (exact) mass is 196 g/mol. The molecule has 0 amide bonds. The molecular formula is C12H20O2. The Morgan fingerprint density at radius 1 is 1.29 bits per heavy atom. The van der Waals surface area contributed by atoms with Gasteiger partial charge in [0.2, 0.25) is 0 Å². The minimum atomic E-state index is -0.0598. The fraction of sp³-hybridized carbons (Fsp3) is 0.750. The molecule has 0 atom stereocenters. The first-order chi connectivity index (χ1) is 6.34. The van der Waals surface area contributed by atoms with Crippen LogP contribution in [0.4, 0.5) is 0 Å². The van der Waals surface area contributed by atoms with Crippen molar-refractivity contribution in [3.05, 3.63) is 11.3 Å². The molecule has 0 radical (unpaired) electrons. The predicted octanol–water partition coefficient (Wildman–Crippen LogP) is 2.93. The average molecular weight is 196 g/mol. The van der Waals surface area contributed by atoms with Crippen LogP contribution in [0.1, 0.15) is 41.0 Å². The molecule has 0 aromatic rings. The number of hydrogen-bond donors (Lipinski definition) is 0. The van der Waals surface area contributed by atoms with Gasteiger partial charge in [-0.15, -0.1) is 0 Å². The van der Waals surface area contributed by atoms with E-state index >= 15 is 0 Å². The zero-order valence-electron chi connectivity index (χ0n) is 9.81. The minimum absolute atomic E-state index is 0.0598. The number of Topliss-reactive ketones (excluding diaryl/α,β-unsaturated/α-hetero) is 1. The molecule has 0 aromatic heterocycles. The summed E-state index contributed by atoms with van der Waals surface area (Å²) in [5.74, 6) is 1.41. The molecule has 0 saturated carbocycles. The van der Waals surface area contributed by atoms with Gasteiger partial charge in [0, 0.05) is 17.4 Å². The zero-order chi connectivity index (χ0) is 10.9. The Kier molecular flexibility index (Phi) is 3.03. The fourth-order valence-electron chi connectivity index (χ4n) is 1.79. The lowest BCUT2D eigenvalue weighted by Gasteiger charge is -2.31. The van der Waals surface area contributed by atoms with Crippen molar-refractivity contribution in [2.45, 2.75) is 41.0 Å². The summed E-state index contributed by atoms with van der Waals surface area (Å²) in [7, 11) is 0. The van der Waals surface area contributed by atoms with Crippen LogP contribution in [0, 0.1) is 11.3 Å². The zero-order valence-corrected chi connectivity index (χ0v) is 9.81. The van der Waals surface area contributed by atoms with Crippen molar-refractivity contribution < 1.29 is 9.53 Å². The van der Waals surface area contributed by atoms with E-state index in [0.29, 0.717) is 13.0 Å². The number of allylic oxidation sites excluding steroid dienone is 2. The molecule has 0 fully saturated rings. The van der Waals surface area contributed by atoms with E-state index in [0.717, 1.165) is 11.3 Å². The number of ether oxygens (including phenoxy) is 1. The highest BCUT2D eigenvalue weighted by Gasteiger charge is 2.31. The van der Waals surface area contributed by atoms with Crippen LogP contribution >= 0.6 is 0 Å². The van der Waals surface area contributed by atoms with Crippen LogP contribution in [0.5, 0.6) is 0 Å². The van der Waals surface area contributed by atoms with E-state index in [9.17, 15) is 4.79 Å². The smallest absolute Gasteiger partial charge is 0.165 e. The topological polar surface area (TPSA) is 26.3 Å². The van der Waals surface area contributed by atoms with Crippen molar-refractivity contribution in [1.82, 2.24) is 0 Å². The van der Waals surface area contributed by atoms with E-state index < -0.39 is 0 Å². The lowest BCUT2D eigenvalue weighted by atomic mass is 9.83. The lowest BCUT2D eigenvalue weighted by molar-refractivity contribution is -0.118. The summed E-state index contributed by atoms with van der Waals surface area (Å²) in [4.78, 5) is 11.8. The Morgan fingerprint density at radius 2 is 1.86 bits per heavy atom. The SMILES string of the molecule is CC(C)C1=C(C(C)(C)C)OCCC1=O. The van der Waals surface area contributed by atoms with Crippen LogP contribution in [0.15, 0.2) is 11.3 Å². The Bertz CT molecular complexity index is 267. The summed E-state index contributed by atoms with van der Waals surface area (Å²) in [6.45, 7) is 10.9. The molecule has 2 nitrogen and oxygen atoms in total. The number of ketones is 1. The molecule has 1 rings (SSSR count). The predicted molar refractivity (Wildman–Crippen MR) is 56.9 cm³/mol. The molecule has 0 aliphatic carbocycles. The number of carbonyl (C=O) groups is 1. The van der Waals surface area contributed by atoms with Gasteiger partial charge in [-0.2, -0.15) is 0 Å². The first-order valence-corrected chi connectivity index (χ1v) is 5.24. The van der Waals surface area contributed by atoms with Gasteiger partial charge in [0.05, 0.1) is 6.61 Å². The van der Waals surface area contributed by atoms with Gasteiger partial charge in [-0.25, -0.2) is 0 Å². The molecule has 0 bridgehead atoms. The van der Waals surface area contributed by atoms with Gasteiger partial charge >= 0.3 is 0 Å². The van der Waals surface area contributed by atoms with E-state index in [2.05, 4.69) is 20.8 Å². The van der Waals surface area contributed by atoms with Gasteiger partial charge < -0.3 is 4.74 Å². The van der Waals surface area contributed by atoms with Crippen molar-refractivity contribution in [2.75, 3.05) is 6.61 Å². The van der Waals surface area contributed by atoms with Gasteiger partial charge in [-0.05, 0) is 5.92 Å². The van der Waals surface area contributed by atoms with E-state index in [4.69, 9.17) is 4.74 Å². The molecule has 0 spiro atoms. The quantitative estimate of drug-likeness (QED) is 0.644. The maximum atomic E-state index is 11.8. The molecule has 1 heterocycles. The van der Waals surface area contributed by atoms with Crippen molar-refractivity contribution in [3.63, 3.8) is 0 Å². The highest BCUT2D eigenvalue weighted by Crippen LogP contribution is 2.35. The van der Waals surface area contributed by atoms with Crippen LogP contribution < -0.4 is 0 Å². The molecule has 1 aliphatic heterocycles. The van der Waals surface area contributed by atoms with Crippen LogP contribution in [0.3, 0.4) is 0 Å². The minimum Gasteiger partial charge on any atom is -0.496 e. The van der Waals surface area contributed by atoms with E-state index in [1.54, 1.807) is 0 Å². The standard InChI is InChI=1S/C12H20O2/c1-8(2)10-9(13)6-7-14-11(10)12(3,4)5/h8H,6-7H2,1-5H3.